The molecule has 1 atom stereocenters. The van der Waals surface area contributed by atoms with Crippen LogP contribution in [0.5, 0.6) is 0 Å². The standard InChI is InChI=1S/C9H14N4O4/c14-7(8(15)16)5-12-9(17)11-2-4-13-3-1-10-6-13/h1,3,6-7,14H,2,4-5H2,(H,15,16)(H2,11,12,17). The third kappa shape index (κ3) is 4.98. The molecule has 0 bridgehead atoms. The van der Waals surface area contributed by atoms with Crippen LogP contribution in [-0.2, 0) is 11.3 Å². The summed E-state index contributed by atoms with van der Waals surface area (Å²) in [6.07, 6.45) is 3.42. The van der Waals surface area contributed by atoms with Gasteiger partial charge in [0.1, 0.15) is 0 Å². The first-order chi connectivity index (χ1) is 8.09. The second-order valence-corrected chi connectivity index (χ2v) is 3.29. The van der Waals surface area contributed by atoms with Crippen LogP contribution in [0.3, 0.4) is 0 Å². The number of carbonyl (C=O) groups excluding carboxylic acids is 1. The van der Waals surface area contributed by atoms with Crippen molar-refractivity contribution in [1.29, 1.82) is 0 Å². The molecule has 8 nitrogen and oxygen atoms in total. The number of aliphatic carboxylic acids is 1. The molecule has 0 fully saturated rings. The number of urea groups is 1. The molecule has 0 spiro atoms. The van der Waals surface area contributed by atoms with Gasteiger partial charge in [-0.15, -0.1) is 0 Å². The number of hydrogen-bond donors (Lipinski definition) is 4. The summed E-state index contributed by atoms with van der Waals surface area (Å²) in [6.45, 7) is 0.618. The monoisotopic (exact) mass is 242 g/mol. The van der Waals surface area contributed by atoms with Crippen molar-refractivity contribution in [3.8, 4) is 0 Å². The molecule has 1 unspecified atom stereocenters. The van der Waals surface area contributed by atoms with E-state index >= 15 is 0 Å². The van der Waals surface area contributed by atoms with E-state index in [0.29, 0.717) is 13.1 Å². The lowest BCUT2D eigenvalue weighted by Gasteiger charge is -2.09. The van der Waals surface area contributed by atoms with Gasteiger partial charge in [0, 0.05) is 25.5 Å². The molecule has 1 aromatic heterocycles. The highest BCUT2D eigenvalue weighted by Crippen LogP contribution is 1.84. The van der Waals surface area contributed by atoms with Crippen molar-refractivity contribution in [2.75, 3.05) is 13.1 Å². The van der Waals surface area contributed by atoms with E-state index in [1.165, 1.54) is 0 Å². The molecule has 1 heterocycles. The molecule has 2 amide bonds. The first-order valence-electron chi connectivity index (χ1n) is 4.98. The van der Waals surface area contributed by atoms with Crippen LogP contribution in [-0.4, -0.2) is 51.0 Å². The van der Waals surface area contributed by atoms with Gasteiger partial charge in [0.15, 0.2) is 6.10 Å². The molecule has 0 aliphatic heterocycles. The largest absolute Gasteiger partial charge is 0.479 e. The number of carboxylic acids is 1. The van der Waals surface area contributed by atoms with Crippen molar-refractivity contribution in [2.45, 2.75) is 12.6 Å². The van der Waals surface area contributed by atoms with Gasteiger partial charge in [-0.2, -0.15) is 0 Å². The van der Waals surface area contributed by atoms with Gasteiger partial charge >= 0.3 is 12.0 Å². The Morgan fingerprint density at radius 2 is 2.18 bits per heavy atom. The Balaban J connectivity index is 2.11. The van der Waals surface area contributed by atoms with Gasteiger partial charge < -0.3 is 25.4 Å². The average Bonchev–Trinajstić information content (AvgIpc) is 2.78. The fraction of sp³-hybridized carbons (Fsp3) is 0.444. The molecule has 0 saturated carbocycles. The second-order valence-electron chi connectivity index (χ2n) is 3.29. The summed E-state index contributed by atoms with van der Waals surface area (Å²) in [5, 5.41) is 22.0. The Morgan fingerprint density at radius 3 is 2.76 bits per heavy atom. The topological polar surface area (TPSA) is 116 Å². The van der Waals surface area contributed by atoms with Crippen molar-refractivity contribution < 1.29 is 19.8 Å². The summed E-state index contributed by atoms with van der Waals surface area (Å²) in [5.41, 5.74) is 0. The van der Waals surface area contributed by atoms with E-state index in [0.717, 1.165) is 0 Å². The maximum Gasteiger partial charge on any atom is 0.334 e. The number of nitrogens with zero attached hydrogens (tertiary/aromatic N) is 2. The summed E-state index contributed by atoms with van der Waals surface area (Å²) >= 11 is 0. The van der Waals surface area contributed by atoms with Crippen molar-refractivity contribution >= 4 is 12.0 Å². The van der Waals surface area contributed by atoms with Gasteiger partial charge in [0.05, 0.1) is 12.9 Å². The highest BCUT2D eigenvalue weighted by Gasteiger charge is 2.13. The minimum Gasteiger partial charge on any atom is -0.479 e. The number of aliphatic hydroxyl groups excluding tert-OH is 1. The molecule has 1 rings (SSSR count). The smallest absolute Gasteiger partial charge is 0.334 e. The van der Waals surface area contributed by atoms with Crippen LogP contribution in [0.15, 0.2) is 18.7 Å². The summed E-state index contributed by atoms with van der Waals surface area (Å²) in [5.74, 6) is -1.37. The first kappa shape index (κ1) is 13.0. The molecule has 94 valence electrons. The zero-order chi connectivity index (χ0) is 12.7. The van der Waals surface area contributed by atoms with Gasteiger partial charge in [-0.1, -0.05) is 0 Å². The highest BCUT2D eigenvalue weighted by atomic mass is 16.4. The van der Waals surface area contributed by atoms with Gasteiger partial charge in [-0.05, 0) is 0 Å². The van der Waals surface area contributed by atoms with E-state index in [4.69, 9.17) is 10.2 Å². The lowest BCUT2D eigenvalue weighted by atomic mass is 10.4. The zero-order valence-corrected chi connectivity index (χ0v) is 9.04. The summed E-state index contributed by atoms with van der Waals surface area (Å²) in [7, 11) is 0. The van der Waals surface area contributed by atoms with Crippen LogP contribution >= 0.6 is 0 Å². The third-order valence-corrected chi connectivity index (χ3v) is 1.96. The van der Waals surface area contributed by atoms with Crippen LogP contribution in [0.25, 0.3) is 0 Å². The maximum absolute atomic E-state index is 11.1. The Morgan fingerprint density at radius 1 is 1.41 bits per heavy atom. The number of carboxylic acid groups (broad SMARTS) is 1. The molecular formula is C9H14N4O4. The molecular weight excluding hydrogens is 228 g/mol. The SMILES string of the molecule is O=C(NCCn1ccnc1)NCC(O)C(=O)O. The summed E-state index contributed by atoms with van der Waals surface area (Å²) in [6, 6.07) is -0.523. The maximum atomic E-state index is 11.1. The molecule has 4 N–H and O–H groups in total. The van der Waals surface area contributed by atoms with Crippen LogP contribution < -0.4 is 10.6 Å². The van der Waals surface area contributed by atoms with E-state index in [1.54, 1.807) is 23.3 Å². The quantitative estimate of drug-likeness (QED) is 0.491. The minimum absolute atomic E-state index is 0.327. The molecule has 1 aromatic rings. The van der Waals surface area contributed by atoms with Crippen molar-refractivity contribution in [3.63, 3.8) is 0 Å². The number of nitrogens with one attached hydrogen (secondary N) is 2. The predicted molar refractivity (Wildman–Crippen MR) is 57.3 cm³/mol. The minimum atomic E-state index is -1.59. The third-order valence-electron chi connectivity index (χ3n) is 1.96. The number of carbonyl (C=O) groups is 2. The molecule has 8 heteroatoms. The first-order valence-corrected chi connectivity index (χ1v) is 4.98. The van der Waals surface area contributed by atoms with Gasteiger partial charge in [-0.25, -0.2) is 14.6 Å². The normalized spacial score (nSPS) is 11.8. The molecule has 0 radical (unpaired) electrons. The van der Waals surface area contributed by atoms with Crippen LogP contribution in [0.2, 0.25) is 0 Å². The highest BCUT2D eigenvalue weighted by molar-refractivity contribution is 5.76. The lowest BCUT2D eigenvalue weighted by molar-refractivity contribution is -0.146. The molecule has 0 saturated heterocycles. The van der Waals surface area contributed by atoms with E-state index in [9.17, 15) is 9.59 Å². The van der Waals surface area contributed by atoms with Crippen molar-refractivity contribution in [2.24, 2.45) is 0 Å². The van der Waals surface area contributed by atoms with Crippen molar-refractivity contribution in [3.05, 3.63) is 18.7 Å². The summed E-state index contributed by atoms with van der Waals surface area (Å²) < 4.78 is 1.78. The number of hydrogen-bond acceptors (Lipinski definition) is 4. The molecule has 0 aliphatic carbocycles. The van der Waals surface area contributed by atoms with E-state index < -0.39 is 18.1 Å². The van der Waals surface area contributed by atoms with Crippen LogP contribution in [0.4, 0.5) is 4.79 Å². The Kier molecular flexibility index (Phi) is 4.95. The number of aromatic nitrogens is 2. The molecule has 0 aromatic carbocycles. The predicted octanol–water partition coefficient (Wildman–Crippen LogP) is -1.37. The number of rotatable bonds is 6. The van der Waals surface area contributed by atoms with Gasteiger partial charge in [0.25, 0.3) is 0 Å². The van der Waals surface area contributed by atoms with Gasteiger partial charge in [0.2, 0.25) is 0 Å². The van der Waals surface area contributed by atoms with Gasteiger partial charge in [-0.3, -0.25) is 0 Å². The molecule has 17 heavy (non-hydrogen) atoms. The Labute approximate surface area is 97.3 Å². The number of imidazole rings is 1. The Hall–Kier alpha value is -2.09. The van der Waals surface area contributed by atoms with Crippen LogP contribution in [0, 0.1) is 0 Å². The Bertz CT molecular complexity index is 365. The van der Waals surface area contributed by atoms with E-state index in [1.807, 2.05) is 0 Å². The number of aliphatic hydroxyl groups is 1. The number of amides is 2. The fourth-order valence-electron chi connectivity index (χ4n) is 1.06. The molecule has 0 aliphatic rings. The summed E-state index contributed by atoms with van der Waals surface area (Å²) in [4.78, 5) is 25.2. The van der Waals surface area contributed by atoms with Crippen LogP contribution in [0.1, 0.15) is 0 Å². The zero-order valence-electron chi connectivity index (χ0n) is 9.04. The average molecular weight is 242 g/mol. The van der Waals surface area contributed by atoms with E-state index in [2.05, 4.69) is 15.6 Å². The van der Waals surface area contributed by atoms with E-state index in [-0.39, 0.29) is 6.54 Å². The van der Waals surface area contributed by atoms with Crippen molar-refractivity contribution in [1.82, 2.24) is 20.2 Å². The second kappa shape index (κ2) is 6.48. The lowest BCUT2D eigenvalue weighted by Crippen LogP contribution is -2.42. The fourth-order valence-corrected chi connectivity index (χ4v) is 1.06.